The fourth-order valence-corrected chi connectivity index (χ4v) is 2.03. The van der Waals surface area contributed by atoms with Gasteiger partial charge in [-0.3, -0.25) is 4.57 Å². The van der Waals surface area contributed by atoms with Gasteiger partial charge in [0.15, 0.2) is 11.5 Å². The molecule has 0 unspecified atom stereocenters. The van der Waals surface area contributed by atoms with Crippen LogP contribution in [-0.4, -0.2) is 33.9 Å². The molecule has 0 radical (unpaired) electrons. The molecule has 3 heterocycles. The van der Waals surface area contributed by atoms with Crippen LogP contribution in [0.2, 0.25) is 0 Å². The molecule has 104 valence electrons. The third kappa shape index (κ3) is 2.02. The van der Waals surface area contributed by atoms with E-state index in [0.717, 1.165) is 6.42 Å². The van der Waals surface area contributed by atoms with Crippen LogP contribution in [0, 0.1) is 0 Å². The molecule has 0 aromatic carbocycles. The lowest BCUT2D eigenvalue weighted by molar-refractivity contribution is 0.514. The molecule has 20 heavy (non-hydrogen) atoms. The van der Waals surface area contributed by atoms with Gasteiger partial charge in [-0.1, -0.05) is 0 Å². The van der Waals surface area contributed by atoms with E-state index in [-0.39, 0.29) is 5.69 Å². The summed E-state index contributed by atoms with van der Waals surface area (Å²) in [6.45, 7) is 1.22. The highest BCUT2D eigenvalue weighted by Gasteiger charge is 2.08. The van der Waals surface area contributed by atoms with Crippen molar-refractivity contribution in [3.05, 3.63) is 29.5 Å². The molecule has 0 bridgehead atoms. The molecule has 0 amide bonds. The Morgan fingerprint density at radius 2 is 2.05 bits per heavy atom. The molecule has 0 saturated heterocycles. The summed E-state index contributed by atoms with van der Waals surface area (Å²) in [5, 5.41) is 4.01. The molecular weight excluding hydrogens is 260 g/mol. The Labute approximate surface area is 113 Å². The number of rotatable bonds is 4. The number of aromatic nitrogens is 7. The van der Waals surface area contributed by atoms with Crippen molar-refractivity contribution in [2.45, 2.75) is 19.5 Å². The molecule has 3 aromatic rings. The van der Waals surface area contributed by atoms with Crippen molar-refractivity contribution in [3.8, 4) is 0 Å². The number of fused-ring (bicyclic) bond motifs is 1. The summed E-state index contributed by atoms with van der Waals surface area (Å²) in [4.78, 5) is 23.9. The predicted octanol–water partition coefficient (Wildman–Crippen LogP) is -0.606. The van der Waals surface area contributed by atoms with Gasteiger partial charge in [0, 0.05) is 20.1 Å². The molecule has 0 atom stereocenters. The maximum Gasteiger partial charge on any atom is 0.345 e. The van der Waals surface area contributed by atoms with Crippen LogP contribution in [0.15, 0.2) is 23.8 Å². The second-order valence-electron chi connectivity index (χ2n) is 4.47. The van der Waals surface area contributed by atoms with Gasteiger partial charge in [-0.05, 0) is 6.42 Å². The molecule has 0 saturated carbocycles. The van der Waals surface area contributed by atoms with E-state index < -0.39 is 0 Å². The zero-order valence-electron chi connectivity index (χ0n) is 11.0. The van der Waals surface area contributed by atoms with Crippen LogP contribution < -0.4 is 11.4 Å². The van der Waals surface area contributed by atoms with Crippen molar-refractivity contribution in [1.29, 1.82) is 0 Å². The Morgan fingerprint density at radius 3 is 2.80 bits per heavy atom. The second kappa shape index (κ2) is 4.76. The summed E-state index contributed by atoms with van der Waals surface area (Å²) in [5.74, 6) is 0.370. The van der Waals surface area contributed by atoms with E-state index in [1.54, 1.807) is 13.4 Å². The first kappa shape index (κ1) is 12.3. The van der Waals surface area contributed by atoms with Crippen LogP contribution in [0.5, 0.6) is 0 Å². The van der Waals surface area contributed by atoms with Crippen molar-refractivity contribution in [1.82, 2.24) is 33.9 Å². The van der Waals surface area contributed by atoms with Gasteiger partial charge in [0.05, 0.1) is 6.33 Å². The smallest absolute Gasteiger partial charge is 0.345 e. The van der Waals surface area contributed by atoms with E-state index in [0.29, 0.717) is 30.1 Å². The Morgan fingerprint density at radius 1 is 1.20 bits per heavy atom. The first-order valence-corrected chi connectivity index (χ1v) is 6.16. The minimum absolute atomic E-state index is 0.118. The van der Waals surface area contributed by atoms with E-state index in [4.69, 9.17) is 5.73 Å². The van der Waals surface area contributed by atoms with Crippen molar-refractivity contribution < 1.29 is 0 Å². The number of hydrogen-bond donors (Lipinski definition) is 1. The zero-order chi connectivity index (χ0) is 14.1. The Hall–Kier alpha value is -2.71. The summed E-state index contributed by atoms with van der Waals surface area (Å²) in [6.07, 6.45) is 5.34. The summed E-state index contributed by atoms with van der Waals surface area (Å²) in [5.41, 5.74) is 6.91. The van der Waals surface area contributed by atoms with Crippen LogP contribution in [0.1, 0.15) is 6.42 Å². The van der Waals surface area contributed by atoms with Crippen molar-refractivity contribution in [2.75, 3.05) is 5.73 Å². The highest BCUT2D eigenvalue weighted by atomic mass is 16.2. The fraction of sp³-hybridized carbons (Fsp3) is 0.364. The lowest BCUT2D eigenvalue weighted by Crippen LogP contribution is -2.23. The third-order valence-electron chi connectivity index (χ3n) is 3.09. The molecule has 0 fully saturated rings. The number of nitrogen functional groups attached to an aromatic ring is 1. The van der Waals surface area contributed by atoms with Crippen molar-refractivity contribution >= 4 is 17.0 Å². The monoisotopic (exact) mass is 274 g/mol. The van der Waals surface area contributed by atoms with E-state index in [1.165, 1.54) is 21.9 Å². The molecular formula is C11H14N8O. The van der Waals surface area contributed by atoms with E-state index in [1.807, 2.05) is 4.57 Å². The number of nitrogens with two attached hydrogens (primary N) is 1. The second-order valence-corrected chi connectivity index (χ2v) is 4.47. The number of imidazole rings is 1. The molecule has 0 spiro atoms. The molecule has 3 rings (SSSR count). The van der Waals surface area contributed by atoms with Crippen LogP contribution in [0.3, 0.4) is 0 Å². The van der Waals surface area contributed by atoms with Crippen LogP contribution in [-0.2, 0) is 20.1 Å². The summed E-state index contributed by atoms with van der Waals surface area (Å²) in [7, 11) is 1.68. The molecule has 2 N–H and O–H groups in total. The predicted molar refractivity (Wildman–Crippen MR) is 71.8 cm³/mol. The molecule has 3 aromatic heterocycles. The lowest BCUT2D eigenvalue weighted by atomic mass is 10.4. The van der Waals surface area contributed by atoms with Gasteiger partial charge >= 0.3 is 5.69 Å². The quantitative estimate of drug-likeness (QED) is 0.680. The molecule has 9 heteroatoms. The zero-order valence-corrected chi connectivity index (χ0v) is 11.0. The standard InChI is InChI=1S/C11H14N8O/c1-17-7-16-19(11(17)20)4-2-3-18-6-15-8-9(12)13-5-14-10(8)18/h5-7H,2-4H2,1H3,(H2,12,13,14). The van der Waals surface area contributed by atoms with E-state index in [2.05, 4.69) is 20.1 Å². The van der Waals surface area contributed by atoms with Crippen LogP contribution >= 0.6 is 0 Å². The van der Waals surface area contributed by atoms with E-state index in [9.17, 15) is 4.79 Å². The number of aryl methyl sites for hydroxylation is 3. The highest BCUT2D eigenvalue weighted by Crippen LogP contribution is 2.14. The topological polar surface area (TPSA) is 109 Å². The third-order valence-corrected chi connectivity index (χ3v) is 3.09. The van der Waals surface area contributed by atoms with Crippen molar-refractivity contribution in [3.63, 3.8) is 0 Å². The highest BCUT2D eigenvalue weighted by molar-refractivity contribution is 5.80. The fourth-order valence-electron chi connectivity index (χ4n) is 2.03. The first-order valence-electron chi connectivity index (χ1n) is 6.16. The molecule has 0 aliphatic heterocycles. The summed E-state index contributed by atoms with van der Waals surface area (Å²) >= 11 is 0. The Balaban J connectivity index is 1.73. The normalized spacial score (nSPS) is 11.2. The SMILES string of the molecule is Cn1cnn(CCCn2cnc3c(N)ncnc32)c1=O. The van der Waals surface area contributed by atoms with Gasteiger partial charge in [0.1, 0.15) is 18.2 Å². The molecule has 0 aliphatic rings. The number of nitrogens with zero attached hydrogens (tertiary/aromatic N) is 7. The van der Waals surface area contributed by atoms with Crippen LogP contribution in [0.4, 0.5) is 5.82 Å². The van der Waals surface area contributed by atoms with Gasteiger partial charge < -0.3 is 10.3 Å². The lowest BCUT2D eigenvalue weighted by Gasteiger charge is -2.03. The number of anilines is 1. The van der Waals surface area contributed by atoms with E-state index >= 15 is 0 Å². The largest absolute Gasteiger partial charge is 0.382 e. The average molecular weight is 274 g/mol. The molecule has 0 aliphatic carbocycles. The van der Waals surface area contributed by atoms with Gasteiger partial charge in [0.25, 0.3) is 0 Å². The van der Waals surface area contributed by atoms with Gasteiger partial charge in [-0.25, -0.2) is 24.4 Å². The minimum atomic E-state index is -0.118. The molecule has 9 nitrogen and oxygen atoms in total. The summed E-state index contributed by atoms with van der Waals surface area (Å²) < 4.78 is 4.77. The number of hydrogen-bond acceptors (Lipinski definition) is 6. The van der Waals surface area contributed by atoms with Crippen LogP contribution in [0.25, 0.3) is 11.2 Å². The summed E-state index contributed by atoms with van der Waals surface area (Å²) in [6, 6.07) is 0. The van der Waals surface area contributed by atoms with Gasteiger partial charge in [-0.2, -0.15) is 5.10 Å². The maximum atomic E-state index is 11.6. The minimum Gasteiger partial charge on any atom is -0.382 e. The maximum absolute atomic E-state index is 11.6. The van der Waals surface area contributed by atoms with Gasteiger partial charge in [0.2, 0.25) is 0 Å². The van der Waals surface area contributed by atoms with Crippen molar-refractivity contribution in [2.24, 2.45) is 7.05 Å². The Bertz CT molecular complexity index is 798. The Kier molecular flexibility index (Phi) is 2.93. The average Bonchev–Trinajstić information content (AvgIpc) is 2.99. The van der Waals surface area contributed by atoms with Gasteiger partial charge in [-0.15, -0.1) is 0 Å². The first-order chi connectivity index (χ1) is 9.66.